The Morgan fingerprint density at radius 1 is 1.15 bits per heavy atom. The summed E-state index contributed by atoms with van der Waals surface area (Å²) in [5.74, 6) is 0.832. The van der Waals surface area contributed by atoms with E-state index in [1.54, 1.807) is 7.05 Å². The van der Waals surface area contributed by atoms with E-state index in [4.69, 9.17) is 0 Å². The topological polar surface area (TPSA) is 39.7 Å². The molecule has 0 aliphatic heterocycles. The fourth-order valence-electron chi connectivity index (χ4n) is 1.46. The van der Waals surface area contributed by atoms with Crippen LogP contribution in [0.5, 0.6) is 0 Å². The Morgan fingerprint density at radius 3 is 2.25 bits per heavy atom. The van der Waals surface area contributed by atoms with Crippen molar-refractivity contribution in [3.05, 3.63) is 35.9 Å². The molecule has 0 atom stereocenters. The lowest BCUT2D eigenvalue weighted by Crippen LogP contribution is -2.50. The Morgan fingerprint density at radius 2 is 1.75 bits per heavy atom. The molecule has 2 N–H and O–H groups in total. The molecule has 0 aliphatic rings. The minimum absolute atomic E-state index is 0. The third-order valence-corrected chi connectivity index (χ3v) is 3.43. The van der Waals surface area contributed by atoms with Crippen LogP contribution >= 0.6 is 24.0 Å². The Balaban J connectivity index is 0.00000361. The van der Waals surface area contributed by atoms with Gasteiger partial charge in [-0.1, -0.05) is 30.3 Å². The van der Waals surface area contributed by atoms with E-state index in [-0.39, 0.29) is 29.5 Å². The zero-order valence-electron chi connectivity index (χ0n) is 13.1. The van der Waals surface area contributed by atoms with E-state index in [2.05, 4.69) is 60.6 Å². The van der Waals surface area contributed by atoms with Crippen LogP contribution in [0.2, 0.25) is 0 Å². The lowest BCUT2D eigenvalue weighted by Gasteiger charge is -2.33. The first-order valence-corrected chi connectivity index (χ1v) is 6.61. The third kappa shape index (κ3) is 6.56. The molecule has 0 spiro atoms. The quantitative estimate of drug-likeness (QED) is 0.461. The van der Waals surface area contributed by atoms with Gasteiger partial charge >= 0.3 is 0 Å². The maximum atomic E-state index is 4.24. The van der Waals surface area contributed by atoms with E-state index in [1.165, 1.54) is 5.56 Å². The van der Waals surface area contributed by atoms with Gasteiger partial charge in [0.25, 0.3) is 0 Å². The van der Waals surface area contributed by atoms with Gasteiger partial charge in [-0.3, -0.25) is 4.99 Å². The molecular weight excluding hydrogens is 363 g/mol. The largest absolute Gasteiger partial charge is 0.355 e. The number of rotatable bonds is 5. The molecular formula is C15H27IN4. The highest BCUT2D eigenvalue weighted by molar-refractivity contribution is 14.0. The Labute approximate surface area is 140 Å². The van der Waals surface area contributed by atoms with Gasteiger partial charge in [-0.25, -0.2) is 0 Å². The van der Waals surface area contributed by atoms with Gasteiger partial charge in [-0.15, -0.1) is 24.0 Å². The summed E-state index contributed by atoms with van der Waals surface area (Å²) in [6.45, 7) is 6.02. The summed E-state index contributed by atoms with van der Waals surface area (Å²) in [5.41, 5.74) is 1.34. The highest BCUT2D eigenvalue weighted by atomic mass is 127. The van der Waals surface area contributed by atoms with Crippen molar-refractivity contribution in [2.24, 2.45) is 4.99 Å². The number of halogens is 1. The number of benzene rings is 1. The lowest BCUT2D eigenvalue weighted by atomic mass is 10.0. The molecule has 0 unspecified atom stereocenters. The summed E-state index contributed by atoms with van der Waals surface area (Å²) >= 11 is 0. The number of hydrogen-bond acceptors (Lipinski definition) is 2. The predicted molar refractivity (Wildman–Crippen MR) is 97.8 cm³/mol. The number of nitrogens with zero attached hydrogens (tertiary/aromatic N) is 2. The summed E-state index contributed by atoms with van der Waals surface area (Å²) in [7, 11) is 5.96. The first kappa shape index (κ1) is 19.2. The van der Waals surface area contributed by atoms with Gasteiger partial charge in [-0.05, 0) is 33.5 Å². The number of guanidine groups is 1. The maximum Gasteiger partial charge on any atom is 0.191 e. The van der Waals surface area contributed by atoms with Crippen LogP contribution in [0, 0.1) is 0 Å². The molecule has 0 heterocycles. The van der Waals surface area contributed by atoms with Crippen molar-refractivity contribution in [2.75, 3.05) is 27.7 Å². The average Bonchev–Trinajstić information content (AvgIpc) is 2.40. The highest BCUT2D eigenvalue weighted by Crippen LogP contribution is 2.07. The van der Waals surface area contributed by atoms with Gasteiger partial charge in [-0.2, -0.15) is 0 Å². The average molecular weight is 390 g/mol. The van der Waals surface area contributed by atoms with Crippen LogP contribution in [-0.4, -0.2) is 44.1 Å². The number of hydrogen-bond donors (Lipinski definition) is 2. The first-order chi connectivity index (χ1) is 8.95. The van der Waals surface area contributed by atoms with Crippen molar-refractivity contribution in [3.63, 3.8) is 0 Å². The molecule has 0 bridgehead atoms. The van der Waals surface area contributed by atoms with E-state index in [9.17, 15) is 0 Å². The molecule has 1 rings (SSSR count). The summed E-state index contributed by atoms with van der Waals surface area (Å²) in [6.07, 6.45) is 0. The van der Waals surface area contributed by atoms with E-state index < -0.39 is 0 Å². The van der Waals surface area contributed by atoms with E-state index >= 15 is 0 Å². The summed E-state index contributed by atoms with van der Waals surface area (Å²) < 4.78 is 0. The van der Waals surface area contributed by atoms with Crippen molar-refractivity contribution in [2.45, 2.75) is 25.9 Å². The van der Waals surface area contributed by atoms with Crippen molar-refractivity contribution < 1.29 is 0 Å². The van der Waals surface area contributed by atoms with E-state index in [0.29, 0.717) is 0 Å². The van der Waals surface area contributed by atoms with E-state index in [1.807, 2.05) is 18.2 Å². The standard InChI is InChI=1S/C15H26N4.HI/c1-15(2,19(4)5)12-18-14(16-3)17-11-13-9-7-6-8-10-13;/h6-10H,11-12H2,1-5H3,(H2,16,17,18);1H. The third-order valence-electron chi connectivity index (χ3n) is 3.43. The van der Waals surface area contributed by atoms with E-state index in [0.717, 1.165) is 19.0 Å². The van der Waals surface area contributed by atoms with Gasteiger partial charge in [0.1, 0.15) is 0 Å². The van der Waals surface area contributed by atoms with Gasteiger partial charge in [0.05, 0.1) is 0 Å². The molecule has 4 nitrogen and oxygen atoms in total. The van der Waals surface area contributed by atoms with Gasteiger partial charge < -0.3 is 15.5 Å². The minimum Gasteiger partial charge on any atom is -0.355 e. The minimum atomic E-state index is 0. The zero-order valence-corrected chi connectivity index (χ0v) is 15.4. The van der Waals surface area contributed by atoms with Crippen molar-refractivity contribution >= 4 is 29.9 Å². The first-order valence-electron chi connectivity index (χ1n) is 6.61. The lowest BCUT2D eigenvalue weighted by molar-refractivity contribution is 0.197. The van der Waals surface area contributed by atoms with Crippen LogP contribution in [-0.2, 0) is 6.54 Å². The Bertz CT molecular complexity index is 402. The molecule has 5 heteroatoms. The summed E-state index contributed by atoms with van der Waals surface area (Å²) in [6, 6.07) is 10.3. The molecule has 0 aliphatic carbocycles. The molecule has 0 fully saturated rings. The summed E-state index contributed by atoms with van der Waals surface area (Å²) in [4.78, 5) is 6.44. The molecule has 0 saturated heterocycles. The van der Waals surface area contributed by atoms with Crippen LogP contribution in [0.25, 0.3) is 0 Å². The molecule has 114 valence electrons. The SMILES string of the molecule is CN=C(NCc1ccccc1)NCC(C)(C)N(C)C.I. The van der Waals surface area contributed by atoms with Crippen molar-refractivity contribution in [1.29, 1.82) is 0 Å². The van der Waals surface area contributed by atoms with Crippen molar-refractivity contribution in [3.8, 4) is 0 Å². The van der Waals surface area contributed by atoms with Crippen molar-refractivity contribution in [1.82, 2.24) is 15.5 Å². The number of likely N-dealkylation sites (N-methyl/N-ethyl adjacent to an activating group) is 1. The highest BCUT2D eigenvalue weighted by Gasteiger charge is 2.20. The molecule has 0 aromatic heterocycles. The number of nitrogens with one attached hydrogen (secondary N) is 2. The Kier molecular flexibility index (Phi) is 8.80. The van der Waals surface area contributed by atoms with Crippen LogP contribution in [0.4, 0.5) is 0 Å². The molecule has 0 saturated carbocycles. The molecule has 0 amide bonds. The monoisotopic (exact) mass is 390 g/mol. The normalized spacial score (nSPS) is 12.0. The zero-order chi connectivity index (χ0) is 14.3. The van der Waals surface area contributed by atoms with Crippen LogP contribution in [0.3, 0.4) is 0 Å². The fraction of sp³-hybridized carbons (Fsp3) is 0.533. The summed E-state index contributed by atoms with van der Waals surface area (Å²) in [5, 5.41) is 6.68. The Hall–Kier alpha value is -0.820. The molecule has 1 aromatic rings. The molecule has 1 aromatic carbocycles. The van der Waals surface area contributed by atoms with Gasteiger partial charge in [0.15, 0.2) is 5.96 Å². The van der Waals surface area contributed by atoms with Gasteiger partial charge in [0, 0.05) is 25.7 Å². The smallest absolute Gasteiger partial charge is 0.191 e. The predicted octanol–water partition coefficient (Wildman–Crippen LogP) is 2.31. The number of aliphatic imine (C=N–C) groups is 1. The second-order valence-electron chi connectivity index (χ2n) is 5.47. The van der Waals surface area contributed by atoms with Crippen LogP contribution in [0.15, 0.2) is 35.3 Å². The second kappa shape index (κ2) is 9.18. The fourth-order valence-corrected chi connectivity index (χ4v) is 1.46. The second-order valence-corrected chi connectivity index (χ2v) is 5.47. The van der Waals surface area contributed by atoms with Crippen LogP contribution < -0.4 is 10.6 Å². The van der Waals surface area contributed by atoms with Gasteiger partial charge in [0.2, 0.25) is 0 Å². The maximum absolute atomic E-state index is 4.24. The van der Waals surface area contributed by atoms with Crippen LogP contribution in [0.1, 0.15) is 19.4 Å². The molecule has 0 radical (unpaired) electrons. The molecule has 20 heavy (non-hydrogen) atoms.